The van der Waals surface area contributed by atoms with E-state index in [2.05, 4.69) is 191 Å². The summed E-state index contributed by atoms with van der Waals surface area (Å²) in [6.45, 7) is 0. The Morgan fingerprint density at radius 1 is 0.220 bits per heavy atom. The van der Waals surface area contributed by atoms with E-state index >= 15 is 0 Å². The van der Waals surface area contributed by atoms with Gasteiger partial charge in [-0.15, -0.1) is 0 Å². The largest absolute Gasteiger partial charge is 0.309 e. The van der Waals surface area contributed by atoms with Crippen molar-refractivity contribution in [2.75, 3.05) is 0 Å². The summed E-state index contributed by atoms with van der Waals surface area (Å²) in [7, 11) is 0. The molecule has 0 atom stereocenters. The molecule has 0 spiro atoms. The predicted molar refractivity (Wildman–Crippen MR) is 213 cm³/mol. The Hall–Kier alpha value is -6.64. The van der Waals surface area contributed by atoms with Crippen molar-refractivity contribution < 1.29 is 0 Å². The molecule has 0 saturated heterocycles. The van der Waals surface area contributed by atoms with Crippen molar-refractivity contribution in [1.82, 2.24) is 9.13 Å². The maximum Gasteiger partial charge on any atom is 0.0548 e. The lowest BCUT2D eigenvalue weighted by atomic mass is 9.94. The van der Waals surface area contributed by atoms with Crippen LogP contribution in [-0.2, 0) is 0 Å². The van der Waals surface area contributed by atoms with Crippen molar-refractivity contribution in [3.8, 4) is 22.5 Å². The summed E-state index contributed by atoms with van der Waals surface area (Å²) in [6, 6.07) is 66.7. The maximum atomic E-state index is 2.47. The summed E-state index contributed by atoms with van der Waals surface area (Å²) in [5.74, 6) is 0. The van der Waals surface area contributed by atoms with Crippen LogP contribution in [-0.4, -0.2) is 9.13 Å². The molecule has 0 fully saturated rings. The molecule has 0 N–H and O–H groups in total. The number of benzene rings is 9. The number of aromatic nitrogens is 2. The summed E-state index contributed by atoms with van der Waals surface area (Å²) in [5, 5.41) is 12.7. The second-order valence-corrected chi connectivity index (χ2v) is 13.3. The van der Waals surface area contributed by atoms with E-state index in [0.717, 1.165) is 5.69 Å². The lowest BCUT2D eigenvalue weighted by Crippen LogP contribution is -1.95. The van der Waals surface area contributed by atoms with E-state index in [0.29, 0.717) is 0 Å². The van der Waals surface area contributed by atoms with E-state index in [-0.39, 0.29) is 0 Å². The molecule has 2 aromatic heterocycles. The third kappa shape index (κ3) is 3.85. The van der Waals surface area contributed by atoms with E-state index in [4.69, 9.17) is 0 Å². The summed E-state index contributed by atoms with van der Waals surface area (Å²) in [4.78, 5) is 0. The van der Waals surface area contributed by atoms with Crippen molar-refractivity contribution >= 4 is 75.9 Å². The third-order valence-corrected chi connectivity index (χ3v) is 10.7. The smallest absolute Gasteiger partial charge is 0.0548 e. The molecule has 0 aliphatic heterocycles. The van der Waals surface area contributed by atoms with Crippen molar-refractivity contribution in [3.05, 3.63) is 182 Å². The Balaban J connectivity index is 1.19. The molecular weight excluding hydrogens is 605 g/mol. The zero-order chi connectivity index (χ0) is 32.8. The Morgan fingerprint density at radius 3 is 1.18 bits per heavy atom. The van der Waals surface area contributed by atoms with Gasteiger partial charge < -0.3 is 9.13 Å². The molecule has 0 saturated carbocycles. The fraction of sp³-hybridized carbons (Fsp3) is 0. The normalized spacial score (nSPS) is 12.0. The summed E-state index contributed by atoms with van der Waals surface area (Å²) >= 11 is 0. The van der Waals surface area contributed by atoms with Gasteiger partial charge in [0.05, 0.1) is 22.1 Å². The third-order valence-electron chi connectivity index (χ3n) is 10.7. The van der Waals surface area contributed by atoms with Crippen LogP contribution in [0.3, 0.4) is 0 Å². The van der Waals surface area contributed by atoms with Gasteiger partial charge in [0.15, 0.2) is 0 Å². The predicted octanol–water partition coefficient (Wildman–Crippen LogP) is 13.0. The van der Waals surface area contributed by atoms with Gasteiger partial charge in [0.2, 0.25) is 0 Å². The van der Waals surface area contributed by atoms with Crippen molar-refractivity contribution in [2.24, 2.45) is 0 Å². The van der Waals surface area contributed by atoms with Crippen LogP contribution in [0.4, 0.5) is 0 Å². The van der Waals surface area contributed by atoms with Crippen molar-refractivity contribution in [1.29, 1.82) is 0 Å². The average molecular weight is 635 g/mol. The minimum Gasteiger partial charge on any atom is -0.309 e. The van der Waals surface area contributed by atoms with Gasteiger partial charge in [-0.1, -0.05) is 133 Å². The molecule has 11 rings (SSSR count). The first kappa shape index (κ1) is 27.3. The molecule has 50 heavy (non-hydrogen) atoms. The number of nitrogens with zero attached hydrogens (tertiary/aromatic N) is 2. The summed E-state index contributed by atoms with van der Waals surface area (Å²) in [6.07, 6.45) is 0. The van der Waals surface area contributed by atoms with Gasteiger partial charge in [-0.25, -0.2) is 0 Å². The summed E-state index contributed by atoms with van der Waals surface area (Å²) < 4.78 is 4.90. The van der Waals surface area contributed by atoms with E-state index in [1.807, 2.05) is 0 Å². The number of para-hydroxylation sites is 2. The van der Waals surface area contributed by atoms with Gasteiger partial charge in [0.25, 0.3) is 0 Å². The van der Waals surface area contributed by atoms with Crippen molar-refractivity contribution in [2.45, 2.75) is 0 Å². The van der Waals surface area contributed by atoms with Gasteiger partial charge in [-0.3, -0.25) is 0 Å². The number of rotatable bonds is 3. The highest BCUT2D eigenvalue weighted by atomic mass is 15.0. The monoisotopic (exact) mass is 634 g/mol. The topological polar surface area (TPSA) is 9.86 Å². The molecule has 0 radical (unpaired) electrons. The van der Waals surface area contributed by atoms with E-state index < -0.39 is 0 Å². The Bertz CT molecular complexity index is 3090. The lowest BCUT2D eigenvalue weighted by Gasteiger charge is -2.14. The zero-order valence-corrected chi connectivity index (χ0v) is 27.2. The maximum absolute atomic E-state index is 2.47. The Kier molecular flexibility index (Phi) is 5.70. The van der Waals surface area contributed by atoms with Crippen LogP contribution in [0.15, 0.2) is 182 Å². The highest BCUT2D eigenvalue weighted by molar-refractivity contribution is 6.26. The number of hydrogen-bond acceptors (Lipinski definition) is 0. The molecule has 2 nitrogen and oxygen atoms in total. The first-order valence-electron chi connectivity index (χ1n) is 17.3. The highest BCUT2D eigenvalue weighted by Gasteiger charge is 2.19. The Morgan fingerprint density at radius 2 is 0.620 bits per heavy atom. The molecule has 0 amide bonds. The lowest BCUT2D eigenvalue weighted by molar-refractivity contribution is 1.18. The molecule has 0 bridgehead atoms. The van der Waals surface area contributed by atoms with Crippen LogP contribution in [0, 0.1) is 0 Å². The van der Waals surface area contributed by atoms with Crippen LogP contribution >= 0.6 is 0 Å². The molecule has 9 aromatic carbocycles. The van der Waals surface area contributed by atoms with Gasteiger partial charge >= 0.3 is 0 Å². The van der Waals surface area contributed by atoms with E-state index in [1.165, 1.54) is 92.7 Å². The molecule has 11 aromatic rings. The van der Waals surface area contributed by atoms with Gasteiger partial charge in [0.1, 0.15) is 0 Å². The van der Waals surface area contributed by atoms with Gasteiger partial charge in [-0.2, -0.15) is 0 Å². The van der Waals surface area contributed by atoms with Crippen LogP contribution in [0.25, 0.3) is 98.4 Å². The minimum absolute atomic E-state index is 1.16. The number of hydrogen-bond donors (Lipinski definition) is 0. The molecule has 232 valence electrons. The molecule has 2 heteroatoms. The first-order valence-corrected chi connectivity index (χ1v) is 17.3. The fourth-order valence-electron chi connectivity index (χ4n) is 8.46. The van der Waals surface area contributed by atoms with Crippen LogP contribution in [0.5, 0.6) is 0 Å². The molecule has 0 unspecified atom stereocenters. The van der Waals surface area contributed by atoms with Crippen LogP contribution in [0.2, 0.25) is 0 Å². The van der Waals surface area contributed by atoms with Gasteiger partial charge in [-0.05, 0) is 92.0 Å². The van der Waals surface area contributed by atoms with Crippen LogP contribution in [0.1, 0.15) is 0 Å². The van der Waals surface area contributed by atoms with Crippen molar-refractivity contribution in [3.63, 3.8) is 0 Å². The average Bonchev–Trinajstić information content (AvgIpc) is 3.69. The second-order valence-electron chi connectivity index (χ2n) is 13.3. The second kappa shape index (κ2) is 10.4. The molecular formula is C48H30N2. The summed E-state index contributed by atoms with van der Waals surface area (Å²) in [5.41, 5.74) is 9.62. The van der Waals surface area contributed by atoms with E-state index in [9.17, 15) is 0 Å². The van der Waals surface area contributed by atoms with Gasteiger partial charge in [0, 0.05) is 32.9 Å². The minimum atomic E-state index is 1.16. The Labute approximate surface area is 288 Å². The molecule has 0 aliphatic rings. The first-order chi connectivity index (χ1) is 24.8. The number of fused-ring (bicyclic) bond motifs is 12. The SMILES string of the molecule is c1ccc(-c2ccc(-n3c4ccccc4c4cc5c(cc43)c3ccccc3n5-c3ccc4c5ccccc5c5ccccc5c4c3)cc2)cc1. The highest BCUT2D eigenvalue weighted by Crippen LogP contribution is 2.41. The zero-order valence-electron chi connectivity index (χ0n) is 27.2. The standard InChI is InChI=1S/C48H30N2/c1-2-12-31(13-3-1)32-22-24-33(25-23-32)49-45-20-10-8-18-40(45)43-30-48-44(29-47(43)49)41-19-9-11-21-46(41)50(48)34-26-27-39-37-16-5-4-14-35(37)36-15-6-7-17-38(36)42(39)28-34/h1-30H. The quantitative estimate of drug-likeness (QED) is 0.171. The fourth-order valence-corrected chi connectivity index (χ4v) is 8.46. The molecule has 0 aliphatic carbocycles. The van der Waals surface area contributed by atoms with Crippen LogP contribution < -0.4 is 0 Å². The van der Waals surface area contributed by atoms with E-state index in [1.54, 1.807) is 0 Å². The molecule has 2 heterocycles.